The van der Waals surface area contributed by atoms with Crippen LogP contribution < -0.4 is 16.8 Å². The van der Waals surface area contributed by atoms with E-state index in [2.05, 4.69) is 15.5 Å². The van der Waals surface area contributed by atoms with E-state index in [0.29, 0.717) is 36.3 Å². The van der Waals surface area contributed by atoms with Gasteiger partial charge >= 0.3 is 5.97 Å². The number of aliphatic carboxylic acids is 1. The number of carbonyl (C=O) groups is 4. The van der Waals surface area contributed by atoms with Crippen molar-refractivity contribution in [2.45, 2.75) is 24.4 Å². The lowest BCUT2D eigenvalue weighted by molar-refractivity contribution is -0.150. The van der Waals surface area contributed by atoms with Crippen molar-refractivity contribution in [2.75, 3.05) is 23.8 Å². The van der Waals surface area contributed by atoms with Crippen LogP contribution in [0.3, 0.4) is 0 Å². The highest BCUT2D eigenvalue weighted by Crippen LogP contribution is 2.41. The molecule has 1 aromatic heterocycles. The Labute approximate surface area is 229 Å². The molecule has 0 spiro atoms. The number of carboxylic acid groups (broad SMARTS) is 1. The summed E-state index contributed by atoms with van der Waals surface area (Å²) >= 11 is 2.30. The first-order valence-corrected chi connectivity index (χ1v) is 13.6. The number of nitrogens with two attached hydrogens (primary N) is 2. The number of nitrogen functional groups attached to an aromatic ring is 2. The van der Waals surface area contributed by atoms with Crippen LogP contribution >= 0.6 is 23.1 Å². The Morgan fingerprint density at radius 2 is 1.97 bits per heavy atom. The molecule has 5 rings (SSSR count). The van der Waals surface area contributed by atoms with E-state index in [4.69, 9.17) is 11.5 Å². The first kappa shape index (κ1) is 26.2. The fourth-order valence-corrected chi connectivity index (χ4v) is 6.43. The quantitative estimate of drug-likeness (QED) is 0.0783. The molecule has 4 heterocycles. The van der Waals surface area contributed by atoms with Gasteiger partial charge in [-0.2, -0.15) is 0 Å². The molecule has 202 valence electrons. The predicted octanol–water partition coefficient (Wildman–Crippen LogP) is 0.583. The van der Waals surface area contributed by atoms with Gasteiger partial charge in [-0.1, -0.05) is 17.3 Å². The number of allylic oxidation sites excluding steroid dienone is 1. The molecule has 0 saturated carbocycles. The predicted molar refractivity (Wildman–Crippen MR) is 144 cm³/mol. The van der Waals surface area contributed by atoms with Gasteiger partial charge in [-0.3, -0.25) is 19.3 Å². The maximum absolute atomic E-state index is 13.0. The number of anilines is 2. The number of nitrogens with zero attached hydrogens (tertiary/aromatic N) is 4. The van der Waals surface area contributed by atoms with E-state index in [1.54, 1.807) is 23.1 Å². The lowest BCUT2D eigenvalue weighted by Crippen LogP contribution is -2.71. The second-order valence-corrected chi connectivity index (χ2v) is 10.9. The SMILES string of the molecule is Nc1ccc(CN2CCC(=CC3=C(C(=O)O)N4C(=O)[C@@H](NC(=O)/C(=N\O)c5csc(N)n5)[C@H]4SC3)C2=O)cc1. The lowest BCUT2D eigenvalue weighted by Gasteiger charge is -2.49. The van der Waals surface area contributed by atoms with E-state index >= 15 is 0 Å². The van der Waals surface area contributed by atoms with Crippen LogP contribution in [0.1, 0.15) is 17.7 Å². The molecule has 39 heavy (non-hydrogen) atoms. The third-order valence-corrected chi connectivity index (χ3v) is 8.46. The maximum Gasteiger partial charge on any atom is 0.352 e. The van der Waals surface area contributed by atoms with Crippen molar-refractivity contribution in [3.05, 3.63) is 63.8 Å². The average molecular weight is 570 g/mol. The third kappa shape index (κ3) is 4.93. The van der Waals surface area contributed by atoms with Gasteiger partial charge in [-0.25, -0.2) is 9.78 Å². The number of thioether (sulfide) groups is 1. The number of rotatable bonds is 7. The Balaban J connectivity index is 1.31. The van der Waals surface area contributed by atoms with Crippen LogP contribution in [-0.4, -0.2) is 78.2 Å². The maximum atomic E-state index is 13.0. The molecule has 2 fully saturated rings. The molecular formula is C24H23N7O6S2. The molecule has 0 unspecified atom stereocenters. The van der Waals surface area contributed by atoms with Crippen molar-refractivity contribution in [1.82, 2.24) is 20.1 Å². The summed E-state index contributed by atoms with van der Waals surface area (Å²) in [4.78, 5) is 57.6. The largest absolute Gasteiger partial charge is 0.477 e. The Hall–Kier alpha value is -4.37. The van der Waals surface area contributed by atoms with Gasteiger partial charge in [-0.15, -0.1) is 23.1 Å². The highest BCUT2D eigenvalue weighted by Gasteiger charge is 2.54. The van der Waals surface area contributed by atoms with E-state index in [1.807, 2.05) is 12.1 Å². The highest BCUT2D eigenvalue weighted by atomic mass is 32.2. The van der Waals surface area contributed by atoms with Gasteiger partial charge in [0.25, 0.3) is 11.8 Å². The number of hydrogen-bond donors (Lipinski definition) is 5. The number of thiazole rings is 1. The number of nitrogens with one attached hydrogen (secondary N) is 1. The number of hydrogen-bond acceptors (Lipinski definition) is 11. The summed E-state index contributed by atoms with van der Waals surface area (Å²) in [6.07, 6.45) is 2.00. The number of carbonyl (C=O) groups excluding carboxylic acids is 3. The van der Waals surface area contributed by atoms with Crippen LogP contribution in [0, 0.1) is 0 Å². The van der Waals surface area contributed by atoms with Gasteiger partial charge in [-0.05, 0) is 35.8 Å². The lowest BCUT2D eigenvalue weighted by atomic mass is 10.0. The normalized spacial score (nSPS) is 22.3. The monoisotopic (exact) mass is 569 g/mol. The van der Waals surface area contributed by atoms with Gasteiger partial charge in [0.2, 0.25) is 5.91 Å². The number of β-lactam (4-membered cyclic amide) rings is 1. The van der Waals surface area contributed by atoms with Crippen molar-refractivity contribution in [2.24, 2.45) is 5.16 Å². The van der Waals surface area contributed by atoms with E-state index in [-0.39, 0.29) is 28.2 Å². The standard InChI is InChI=1S/C24H23N7O6S2/c25-14-3-1-11(2-4-14)8-30-6-5-12(20(30)33)7-13-9-38-22-17(21(34)31(22)18(13)23(35)36)28-19(32)16(29-37)15-10-39-24(26)27-15/h1-4,7,10,17,22,37H,5-6,8-9,25H2,(H2,26,27)(H,28,32)(H,35,36)/b12-7?,29-16-/t17-,22-/m1/s1. The van der Waals surface area contributed by atoms with Crippen LogP contribution in [0.2, 0.25) is 0 Å². The van der Waals surface area contributed by atoms with Crippen molar-refractivity contribution in [3.8, 4) is 0 Å². The van der Waals surface area contributed by atoms with Crippen molar-refractivity contribution >= 4 is 63.3 Å². The van der Waals surface area contributed by atoms with E-state index < -0.39 is 34.9 Å². The molecule has 13 nitrogen and oxygen atoms in total. The van der Waals surface area contributed by atoms with Crippen LogP contribution in [-0.2, 0) is 25.7 Å². The molecule has 7 N–H and O–H groups in total. The summed E-state index contributed by atoms with van der Waals surface area (Å²) in [5, 5.41) is 25.6. The zero-order valence-electron chi connectivity index (χ0n) is 20.2. The number of oxime groups is 1. The molecule has 15 heteroatoms. The Morgan fingerprint density at radius 3 is 2.62 bits per heavy atom. The van der Waals surface area contributed by atoms with E-state index in [0.717, 1.165) is 21.8 Å². The molecule has 3 aliphatic rings. The number of amides is 3. The van der Waals surface area contributed by atoms with Crippen LogP contribution in [0.25, 0.3) is 0 Å². The molecule has 0 radical (unpaired) electrons. The van der Waals surface area contributed by atoms with Gasteiger partial charge in [0, 0.05) is 35.5 Å². The van der Waals surface area contributed by atoms with Crippen LogP contribution in [0.4, 0.5) is 10.8 Å². The topological polar surface area (TPSA) is 205 Å². The van der Waals surface area contributed by atoms with E-state index in [9.17, 15) is 29.5 Å². The summed E-state index contributed by atoms with van der Waals surface area (Å²) in [6.45, 7) is 0.882. The van der Waals surface area contributed by atoms with Gasteiger partial charge in [0.15, 0.2) is 10.8 Å². The number of fused-ring (bicyclic) bond motifs is 1. The molecule has 2 saturated heterocycles. The minimum absolute atomic E-state index is 0.0455. The van der Waals surface area contributed by atoms with Gasteiger partial charge in [0.1, 0.15) is 22.8 Å². The summed E-state index contributed by atoms with van der Waals surface area (Å²) in [5.74, 6) is -2.79. The Morgan fingerprint density at radius 1 is 1.23 bits per heavy atom. The molecule has 3 aliphatic heterocycles. The number of carboxylic acids is 1. The Kier molecular flexibility index (Phi) is 7.01. The van der Waals surface area contributed by atoms with Crippen LogP contribution in [0.15, 0.2) is 57.7 Å². The summed E-state index contributed by atoms with van der Waals surface area (Å²) in [7, 11) is 0. The van der Waals surface area contributed by atoms with Gasteiger partial charge < -0.3 is 32.0 Å². The molecule has 1 aromatic carbocycles. The second-order valence-electron chi connectivity index (χ2n) is 8.95. The first-order chi connectivity index (χ1) is 18.7. The molecular weight excluding hydrogens is 546 g/mol. The fourth-order valence-electron chi connectivity index (χ4n) is 4.58. The molecule has 2 atom stereocenters. The average Bonchev–Trinajstić information content (AvgIpc) is 3.49. The minimum atomic E-state index is -1.31. The number of benzene rings is 1. The number of aromatic nitrogens is 1. The minimum Gasteiger partial charge on any atom is -0.477 e. The zero-order valence-corrected chi connectivity index (χ0v) is 21.9. The molecule has 0 bridgehead atoms. The Bertz CT molecular complexity index is 1470. The van der Waals surface area contributed by atoms with Crippen LogP contribution in [0.5, 0.6) is 0 Å². The van der Waals surface area contributed by atoms with E-state index in [1.165, 1.54) is 17.1 Å². The van der Waals surface area contributed by atoms with Crippen molar-refractivity contribution in [3.63, 3.8) is 0 Å². The van der Waals surface area contributed by atoms with Gasteiger partial charge in [0.05, 0.1) is 0 Å². The fraction of sp³-hybridized carbons (Fsp3) is 0.250. The highest BCUT2D eigenvalue weighted by molar-refractivity contribution is 8.00. The third-order valence-electron chi connectivity index (χ3n) is 6.48. The van der Waals surface area contributed by atoms with Crippen molar-refractivity contribution < 1.29 is 29.5 Å². The summed E-state index contributed by atoms with van der Waals surface area (Å²) < 4.78 is 0. The first-order valence-electron chi connectivity index (χ1n) is 11.7. The molecule has 2 aromatic rings. The summed E-state index contributed by atoms with van der Waals surface area (Å²) in [6, 6.07) is 6.18. The smallest absolute Gasteiger partial charge is 0.352 e. The molecule has 0 aliphatic carbocycles. The number of likely N-dealkylation sites (tertiary alicyclic amines) is 1. The van der Waals surface area contributed by atoms with Crippen molar-refractivity contribution in [1.29, 1.82) is 0 Å². The molecule has 3 amide bonds. The summed E-state index contributed by atoms with van der Waals surface area (Å²) in [5.41, 5.74) is 13.0. The second kappa shape index (κ2) is 10.4. The zero-order chi connectivity index (χ0) is 27.8.